The van der Waals surface area contributed by atoms with Gasteiger partial charge in [-0.05, 0) is 44.2 Å². The first kappa shape index (κ1) is 19.3. The molecule has 0 spiro atoms. The van der Waals surface area contributed by atoms with Crippen molar-refractivity contribution in [3.8, 4) is 0 Å². The Hall–Kier alpha value is -3.69. The minimum Gasteiger partial charge on any atom is -0.441 e. The lowest BCUT2D eigenvalue weighted by Crippen LogP contribution is -2.28. The molecule has 0 radical (unpaired) electrons. The zero-order valence-electron chi connectivity index (χ0n) is 17.3. The van der Waals surface area contributed by atoms with Gasteiger partial charge in [0.2, 0.25) is 6.41 Å². The number of cyclic esters (lactones) is 1. The number of carbonyl (C=O) groups excluding carboxylic acids is 2. The van der Waals surface area contributed by atoms with E-state index in [1.807, 2.05) is 24.4 Å². The van der Waals surface area contributed by atoms with E-state index in [1.165, 1.54) is 11.9 Å². The summed E-state index contributed by atoms with van der Waals surface area (Å²) in [6.45, 7) is 4.71. The van der Waals surface area contributed by atoms with Gasteiger partial charge >= 0.3 is 6.09 Å². The van der Waals surface area contributed by atoms with Crippen molar-refractivity contribution in [2.45, 2.75) is 44.8 Å². The third-order valence-corrected chi connectivity index (χ3v) is 5.39. The predicted molar refractivity (Wildman–Crippen MR) is 114 cm³/mol. The maximum absolute atomic E-state index is 12.5. The summed E-state index contributed by atoms with van der Waals surface area (Å²) in [6.07, 6.45) is 7.96. The minimum absolute atomic E-state index is 0.348. The Morgan fingerprint density at radius 2 is 2.03 bits per heavy atom. The van der Waals surface area contributed by atoms with Crippen LogP contribution in [0.3, 0.4) is 0 Å². The average Bonchev–Trinajstić information content (AvgIpc) is 3.43. The molecule has 0 aromatic carbocycles. The molecule has 1 saturated heterocycles. The fraction of sp³-hybridized carbons (Fsp3) is 0.381. The van der Waals surface area contributed by atoms with Gasteiger partial charge in [-0.15, -0.1) is 0 Å². The topological polar surface area (TPSA) is 114 Å². The molecule has 3 aromatic rings. The lowest BCUT2D eigenvalue weighted by molar-refractivity contribution is -0.105. The van der Waals surface area contributed by atoms with Gasteiger partial charge in [0.25, 0.3) is 0 Å². The van der Waals surface area contributed by atoms with Gasteiger partial charge in [0.15, 0.2) is 5.65 Å². The van der Waals surface area contributed by atoms with E-state index in [0.717, 1.165) is 24.2 Å². The Balaban J connectivity index is 1.45. The molecule has 31 heavy (non-hydrogen) atoms. The van der Waals surface area contributed by atoms with Gasteiger partial charge in [-0.1, -0.05) is 0 Å². The van der Waals surface area contributed by atoms with E-state index in [9.17, 15) is 9.59 Å². The second-order valence-electron chi connectivity index (χ2n) is 8.51. The van der Waals surface area contributed by atoms with E-state index in [4.69, 9.17) is 9.72 Å². The molecule has 1 saturated carbocycles. The quantitative estimate of drug-likeness (QED) is 0.564. The molecule has 0 atom stereocenters. The number of hydrogen-bond acceptors (Lipinski definition) is 7. The third-order valence-electron chi connectivity index (χ3n) is 5.39. The number of imidazole rings is 1. The molecule has 160 valence electrons. The van der Waals surface area contributed by atoms with Gasteiger partial charge in [-0.3, -0.25) is 9.69 Å². The number of nitrogens with zero attached hydrogens (tertiary/aromatic N) is 5. The number of carbonyl (C=O) groups is 2. The van der Waals surface area contributed by atoms with E-state index in [2.05, 4.69) is 32.9 Å². The minimum atomic E-state index is -0.541. The smallest absolute Gasteiger partial charge is 0.415 e. The number of nitrogens with one attached hydrogen (secondary N) is 2. The maximum atomic E-state index is 12.5. The second kappa shape index (κ2) is 7.22. The molecule has 4 heterocycles. The lowest BCUT2D eigenvalue weighted by Gasteiger charge is -2.17. The third kappa shape index (κ3) is 3.88. The summed E-state index contributed by atoms with van der Waals surface area (Å²) < 4.78 is 7.50. The molecule has 2 fully saturated rings. The van der Waals surface area contributed by atoms with Crippen LogP contribution >= 0.6 is 0 Å². The number of fused-ring (bicyclic) bond motifs is 1. The first-order valence-corrected chi connectivity index (χ1v) is 10.2. The van der Waals surface area contributed by atoms with E-state index in [-0.39, 0.29) is 6.09 Å². The van der Waals surface area contributed by atoms with Crippen LogP contribution in [0.2, 0.25) is 0 Å². The van der Waals surface area contributed by atoms with Crippen LogP contribution in [0.1, 0.15) is 43.9 Å². The number of anilines is 3. The molecule has 2 N–H and O–H groups in total. The highest BCUT2D eigenvalue weighted by Crippen LogP contribution is 2.42. The molecule has 0 bridgehead atoms. The summed E-state index contributed by atoms with van der Waals surface area (Å²) in [5.41, 5.74) is 2.94. The Morgan fingerprint density at radius 1 is 1.23 bits per heavy atom. The number of ether oxygens (including phenoxy) is 1. The fourth-order valence-corrected chi connectivity index (χ4v) is 3.80. The number of rotatable bonds is 7. The SMILES string of the molecule is CC1(C)CN(c2cc(C3CC3)cn3cc(CNc4cc(NC=O)ncn4)nc23)C(=O)O1. The van der Waals surface area contributed by atoms with Crippen LogP contribution in [-0.2, 0) is 16.1 Å². The van der Waals surface area contributed by atoms with Gasteiger partial charge in [0.1, 0.15) is 23.6 Å². The van der Waals surface area contributed by atoms with E-state index < -0.39 is 5.60 Å². The van der Waals surface area contributed by atoms with Crippen LogP contribution in [0.25, 0.3) is 5.65 Å². The number of hydrogen-bond donors (Lipinski definition) is 2. The average molecular weight is 421 g/mol. The standard InChI is InChI=1S/C21H23N7O3/c1-21(2)10-28(20(30)31-21)16-5-14(13-3-4-13)8-27-9-15(26-19(16)27)7-22-17-6-18(25-12-29)24-11-23-17/h5-6,8-9,11-13H,3-4,7,10H2,1-2H3,(H2,22,23,24,25,29). The van der Waals surface area contributed by atoms with Crippen molar-refractivity contribution >= 4 is 35.5 Å². The molecule has 1 aliphatic heterocycles. The number of amides is 2. The largest absolute Gasteiger partial charge is 0.441 e. The Bertz CT molecular complexity index is 1170. The van der Waals surface area contributed by atoms with Crippen LogP contribution in [-0.4, -0.2) is 44.0 Å². The van der Waals surface area contributed by atoms with Crippen molar-refractivity contribution in [2.24, 2.45) is 0 Å². The van der Waals surface area contributed by atoms with Gasteiger partial charge in [-0.25, -0.2) is 19.7 Å². The van der Waals surface area contributed by atoms with Crippen molar-refractivity contribution < 1.29 is 14.3 Å². The molecule has 1 aliphatic carbocycles. The highest BCUT2D eigenvalue weighted by molar-refractivity contribution is 5.94. The van der Waals surface area contributed by atoms with Crippen molar-refractivity contribution in [1.29, 1.82) is 0 Å². The monoisotopic (exact) mass is 421 g/mol. The van der Waals surface area contributed by atoms with Crippen molar-refractivity contribution in [1.82, 2.24) is 19.4 Å². The molecule has 10 heteroatoms. The van der Waals surface area contributed by atoms with Crippen molar-refractivity contribution in [2.75, 3.05) is 22.1 Å². The van der Waals surface area contributed by atoms with Crippen LogP contribution in [0.5, 0.6) is 0 Å². The van der Waals surface area contributed by atoms with Gasteiger partial charge in [-0.2, -0.15) is 0 Å². The van der Waals surface area contributed by atoms with Crippen LogP contribution in [0.15, 0.2) is 30.9 Å². The summed E-state index contributed by atoms with van der Waals surface area (Å²) in [6, 6.07) is 3.71. The first-order chi connectivity index (χ1) is 14.9. The Kier molecular flexibility index (Phi) is 4.49. The van der Waals surface area contributed by atoms with Crippen LogP contribution in [0, 0.1) is 0 Å². The summed E-state index contributed by atoms with van der Waals surface area (Å²) in [4.78, 5) is 37.7. The molecule has 5 rings (SSSR count). The predicted octanol–water partition coefficient (Wildman–Crippen LogP) is 2.92. The van der Waals surface area contributed by atoms with Gasteiger partial charge in [0.05, 0.1) is 24.5 Å². The van der Waals surface area contributed by atoms with Gasteiger partial charge < -0.3 is 19.8 Å². The second-order valence-corrected chi connectivity index (χ2v) is 8.51. The maximum Gasteiger partial charge on any atom is 0.415 e. The first-order valence-electron chi connectivity index (χ1n) is 10.2. The molecule has 10 nitrogen and oxygen atoms in total. The highest BCUT2D eigenvalue weighted by Gasteiger charge is 2.40. The molecule has 0 unspecified atom stereocenters. The molecular formula is C21H23N7O3. The zero-order chi connectivity index (χ0) is 21.6. The fourth-order valence-electron chi connectivity index (χ4n) is 3.80. The van der Waals surface area contributed by atoms with E-state index in [1.54, 1.807) is 11.0 Å². The molecule has 3 aromatic heterocycles. The summed E-state index contributed by atoms with van der Waals surface area (Å²) >= 11 is 0. The Morgan fingerprint density at radius 3 is 2.74 bits per heavy atom. The molecule has 2 aliphatic rings. The molecular weight excluding hydrogens is 398 g/mol. The summed E-state index contributed by atoms with van der Waals surface area (Å²) in [5, 5.41) is 5.69. The van der Waals surface area contributed by atoms with E-state index >= 15 is 0 Å². The number of pyridine rings is 1. The van der Waals surface area contributed by atoms with Crippen molar-refractivity contribution in [3.63, 3.8) is 0 Å². The van der Waals surface area contributed by atoms with Crippen LogP contribution < -0.4 is 15.5 Å². The zero-order valence-corrected chi connectivity index (χ0v) is 17.3. The lowest BCUT2D eigenvalue weighted by atomic mass is 10.1. The molecule has 2 amide bonds. The van der Waals surface area contributed by atoms with E-state index in [0.29, 0.717) is 42.7 Å². The summed E-state index contributed by atoms with van der Waals surface area (Å²) in [7, 11) is 0. The normalized spacial score (nSPS) is 17.6. The number of aromatic nitrogens is 4. The Labute approximate surface area is 178 Å². The van der Waals surface area contributed by atoms with Crippen LogP contribution in [0.4, 0.5) is 22.1 Å². The van der Waals surface area contributed by atoms with Crippen molar-refractivity contribution in [3.05, 3.63) is 42.1 Å². The highest BCUT2D eigenvalue weighted by atomic mass is 16.6. The van der Waals surface area contributed by atoms with Gasteiger partial charge in [0, 0.05) is 18.5 Å². The summed E-state index contributed by atoms with van der Waals surface area (Å²) in [5.74, 6) is 1.51.